The fourth-order valence-corrected chi connectivity index (χ4v) is 2.28. The number of aromatic amines is 2. The summed E-state index contributed by atoms with van der Waals surface area (Å²) in [6.45, 7) is 2.78. The van der Waals surface area contributed by atoms with Crippen molar-refractivity contribution < 1.29 is 15.1 Å². The van der Waals surface area contributed by atoms with Crippen LogP contribution in [-0.4, -0.2) is 42.5 Å². The Labute approximate surface area is 141 Å². The molecule has 0 amide bonds. The molecule has 2 rings (SSSR count). The number of aromatic nitrogens is 2. The van der Waals surface area contributed by atoms with Crippen molar-refractivity contribution in [2.75, 3.05) is 0 Å². The largest absolute Gasteiger partial charge is 0.379 e. The predicted molar refractivity (Wildman–Crippen MR) is 88.0 cm³/mol. The number of aliphatic hydroxyl groups is 2. The van der Waals surface area contributed by atoms with Crippen molar-refractivity contribution in [2.45, 2.75) is 32.8 Å². The Kier molecular flexibility index (Phi) is 6.21. The quantitative estimate of drug-likeness (QED) is 0.254. The number of fused-ring (bicyclic) bond motifs is 1. The lowest BCUT2D eigenvalue weighted by molar-refractivity contribution is -0.384. The number of rotatable bonds is 5. The first-order valence-corrected chi connectivity index (χ1v) is 6.76. The first-order chi connectivity index (χ1) is 10.7. The molecule has 1 heterocycles. The minimum Gasteiger partial charge on any atom is -0.379 e. The van der Waals surface area contributed by atoms with Gasteiger partial charge in [0.2, 0.25) is 0 Å². The molecule has 0 radical (unpaired) electrons. The van der Waals surface area contributed by atoms with Crippen molar-refractivity contribution in [2.24, 2.45) is 0 Å². The third-order valence-corrected chi connectivity index (χ3v) is 3.42. The van der Waals surface area contributed by atoms with E-state index in [2.05, 4.69) is 9.97 Å². The van der Waals surface area contributed by atoms with E-state index in [0.29, 0.717) is 0 Å². The summed E-state index contributed by atoms with van der Waals surface area (Å²) in [5, 5.41) is 30.4. The molecule has 0 saturated carbocycles. The SMILES string of the molecule is CC(O)N(Cc1cc([N+](=O)[O-])cc2[nH]c(=O)c(=O)[nH]c12)C(C)O.Cl. The Balaban J connectivity index is 0.00000288. The Morgan fingerprint density at radius 1 is 1.17 bits per heavy atom. The minimum atomic E-state index is -1.03. The van der Waals surface area contributed by atoms with E-state index in [0.717, 1.165) is 6.07 Å². The van der Waals surface area contributed by atoms with Crippen molar-refractivity contribution in [1.29, 1.82) is 0 Å². The minimum absolute atomic E-state index is 0. The van der Waals surface area contributed by atoms with Crippen LogP contribution in [0.15, 0.2) is 21.7 Å². The molecule has 24 heavy (non-hydrogen) atoms. The second kappa shape index (κ2) is 7.53. The number of non-ortho nitro benzene ring substituents is 1. The highest BCUT2D eigenvalue weighted by molar-refractivity contribution is 5.85. The average molecular weight is 361 g/mol. The van der Waals surface area contributed by atoms with Crippen LogP contribution in [0, 0.1) is 10.1 Å². The zero-order valence-corrected chi connectivity index (χ0v) is 13.7. The van der Waals surface area contributed by atoms with Crippen molar-refractivity contribution in [3.05, 3.63) is 48.5 Å². The molecule has 2 aromatic rings. The van der Waals surface area contributed by atoms with Gasteiger partial charge < -0.3 is 20.2 Å². The average Bonchev–Trinajstić information content (AvgIpc) is 2.44. The highest BCUT2D eigenvalue weighted by Gasteiger charge is 2.21. The number of nitro benzene ring substituents is 1. The lowest BCUT2D eigenvalue weighted by Gasteiger charge is -2.28. The Hall–Kier alpha value is -2.27. The summed E-state index contributed by atoms with van der Waals surface area (Å²) < 4.78 is 0. The van der Waals surface area contributed by atoms with E-state index >= 15 is 0 Å². The van der Waals surface area contributed by atoms with Crippen molar-refractivity contribution in [1.82, 2.24) is 14.9 Å². The molecular weight excluding hydrogens is 344 g/mol. The summed E-state index contributed by atoms with van der Waals surface area (Å²) >= 11 is 0. The standard InChI is InChI=1S/C13H16N4O6.ClH/c1-6(18)16(7(2)19)5-8-3-9(17(22)23)4-10-11(8)15-13(21)12(20)14-10;/h3-4,6-7,18-19H,5H2,1-2H3,(H,14,20)(H,15,21);1H. The molecule has 4 N–H and O–H groups in total. The van der Waals surface area contributed by atoms with Gasteiger partial charge in [0.1, 0.15) is 12.5 Å². The van der Waals surface area contributed by atoms with Crippen LogP contribution in [0.25, 0.3) is 11.0 Å². The van der Waals surface area contributed by atoms with E-state index in [1.54, 1.807) is 0 Å². The lowest BCUT2D eigenvalue weighted by atomic mass is 10.1. The zero-order chi connectivity index (χ0) is 17.3. The van der Waals surface area contributed by atoms with Gasteiger partial charge in [-0.2, -0.15) is 0 Å². The number of aliphatic hydroxyl groups excluding tert-OH is 2. The van der Waals surface area contributed by atoms with Crippen LogP contribution < -0.4 is 11.1 Å². The maximum absolute atomic E-state index is 11.5. The molecule has 0 aliphatic heterocycles. The molecule has 0 bridgehead atoms. The van der Waals surface area contributed by atoms with E-state index < -0.39 is 28.5 Å². The van der Waals surface area contributed by atoms with Crippen molar-refractivity contribution in [3.63, 3.8) is 0 Å². The van der Waals surface area contributed by atoms with Crippen LogP contribution in [0.3, 0.4) is 0 Å². The van der Waals surface area contributed by atoms with E-state index in [4.69, 9.17) is 0 Å². The van der Waals surface area contributed by atoms with Gasteiger partial charge in [-0.25, -0.2) is 4.90 Å². The first kappa shape index (κ1) is 19.8. The normalized spacial score (nSPS) is 13.5. The predicted octanol–water partition coefficient (Wildman–Crippen LogP) is 0.0250. The van der Waals surface area contributed by atoms with E-state index in [9.17, 15) is 29.9 Å². The van der Waals surface area contributed by atoms with Gasteiger partial charge in [0.15, 0.2) is 0 Å². The van der Waals surface area contributed by atoms with E-state index in [1.165, 1.54) is 24.8 Å². The monoisotopic (exact) mass is 360 g/mol. The highest BCUT2D eigenvalue weighted by atomic mass is 35.5. The summed E-state index contributed by atoms with van der Waals surface area (Å²) in [6, 6.07) is 2.35. The number of nitro groups is 1. The Bertz CT molecular complexity index is 852. The maximum Gasteiger partial charge on any atom is 0.314 e. The number of hydrogen-bond donors (Lipinski definition) is 4. The van der Waals surface area contributed by atoms with Crippen LogP contribution in [0.1, 0.15) is 19.4 Å². The zero-order valence-electron chi connectivity index (χ0n) is 12.8. The summed E-state index contributed by atoms with van der Waals surface area (Å²) in [5.74, 6) is 0. The summed E-state index contributed by atoms with van der Waals surface area (Å²) in [4.78, 5) is 39.2. The number of nitrogens with one attached hydrogen (secondary N) is 2. The van der Waals surface area contributed by atoms with Gasteiger partial charge in [-0.1, -0.05) is 0 Å². The molecule has 132 valence electrons. The first-order valence-electron chi connectivity index (χ1n) is 6.76. The lowest BCUT2D eigenvalue weighted by Crippen LogP contribution is -2.39. The summed E-state index contributed by atoms with van der Waals surface area (Å²) in [5.41, 5.74) is -1.53. The van der Waals surface area contributed by atoms with Gasteiger partial charge in [0.05, 0.1) is 16.0 Å². The number of hydrogen-bond acceptors (Lipinski definition) is 7. The molecular formula is C13H17ClN4O6. The van der Waals surface area contributed by atoms with Crippen molar-refractivity contribution in [3.8, 4) is 0 Å². The molecule has 0 aliphatic carbocycles. The third kappa shape index (κ3) is 3.97. The Morgan fingerprint density at radius 2 is 1.71 bits per heavy atom. The van der Waals surface area contributed by atoms with Gasteiger partial charge in [0, 0.05) is 18.7 Å². The van der Waals surface area contributed by atoms with Crippen LogP contribution in [-0.2, 0) is 6.54 Å². The van der Waals surface area contributed by atoms with E-state index in [-0.39, 0.29) is 41.2 Å². The fourth-order valence-electron chi connectivity index (χ4n) is 2.28. The maximum atomic E-state index is 11.5. The van der Waals surface area contributed by atoms with Gasteiger partial charge in [-0.05, 0) is 19.4 Å². The van der Waals surface area contributed by atoms with Gasteiger partial charge in [-0.15, -0.1) is 12.4 Å². The van der Waals surface area contributed by atoms with Crippen LogP contribution >= 0.6 is 12.4 Å². The molecule has 0 aliphatic rings. The number of H-pyrrole nitrogens is 2. The molecule has 1 aromatic carbocycles. The molecule has 0 fully saturated rings. The number of halogens is 1. The fraction of sp³-hybridized carbons (Fsp3) is 0.385. The Morgan fingerprint density at radius 3 is 2.21 bits per heavy atom. The molecule has 0 saturated heterocycles. The van der Waals surface area contributed by atoms with E-state index in [1.807, 2.05) is 0 Å². The smallest absolute Gasteiger partial charge is 0.314 e. The second-order valence-corrected chi connectivity index (χ2v) is 5.13. The van der Waals surface area contributed by atoms with Crippen LogP contribution in [0.2, 0.25) is 0 Å². The third-order valence-electron chi connectivity index (χ3n) is 3.42. The molecule has 11 heteroatoms. The summed E-state index contributed by atoms with van der Waals surface area (Å²) in [7, 11) is 0. The topological polar surface area (TPSA) is 153 Å². The number of benzene rings is 1. The molecule has 2 unspecified atom stereocenters. The molecule has 1 aromatic heterocycles. The number of nitrogens with zero attached hydrogens (tertiary/aromatic N) is 2. The molecule has 10 nitrogen and oxygen atoms in total. The van der Waals surface area contributed by atoms with Gasteiger partial charge >= 0.3 is 11.1 Å². The molecule has 0 spiro atoms. The molecule has 2 atom stereocenters. The van der Waals surface area contributed by atoms with Gasteiger partial charge in [0.25, 0.3) is 5.69 Å². The summed E-state index contributed by atoms with van der Waals surface area (Å²) in [6.07, 6.45) is -2.06. The second-order valence-electron chi connectivity index (χ2n) is 5.13. The van der Waals surface area contributed by atoms with Crippen molar-refractivity contribution >= 4 is 29.1 Å². The van der Waals surface area contributed by atoms with Crippen LogP contribution in [0.4, 0.5) is 5.69 Å². The van der Waals surface area contributed by atoms with Gasteiger partial charge in [-0.3, -0.25) is 19.7 Å². The van der Waals surface area contributed by atoms with Crippen LogP contribution in [0.5, 0.6) is 0 Å². The highest BCUT2D eigenvalue weighted by Crippen LogP contribution is 2.23.